The molecule has 0 saturated carbocycles. The maximum absolute atomic E-state index is 13.1. The van der Waals surface area contributed by atoms with E-state index in [2.05, 4.69) is 19.9 Å². The van der Waals surface area contributed by atoms with Crippen LogP contribution in [-0.2, 0) is 0 Å². The Hall–Kier alpha value is -1.37. The molecule has 0 saturated heterocycles. The Kier molecular flexibility index (Phi) is 2.24. The molecule has 0 aliphatic rings. The third-order valence-electron chi connectivity index (χ3n) is 2.50. The molecule has 0 heterocycles. The molecule has 0 unspecified atom stereocenters. The Morgan fingerprint density at radius 1 is 1.07 bits per heavy atom. The fraction of sp³-hybridized carbons (Fsp3) is 0.231. The average Bonchev–Trinajstić information content (AvgIpc) is 2.16. The van der Waals surface area contributed by atoms with Crippen molar-refractivity contribution in [3.8, 4) is 0 Å². The zero-order valence-corrected chi connectivity index (χ0v) is 8.42. The lowest BCUT2D eigenvalue weighted by atomic mass is 9.96. The summed E-state index contributed by atoms with van der Waals surface area (Å²) in [7, 11) is 0. The molecule has 2 rings (SSSR count). The largest absolute Gasteiger partial charge is 0.207 e. The summed E-state index contributed by atoms with van der Waals surface area (Å²) in [6, 6.07) is 11.1. The number of fused-ring (bicyclic) bond motifs is 1. The molecular weight excluding hydrogens is 175 g/mol. The molecule has 0 aliphatic heterocycles. The van der Waals surface area contributed by atoms with Crippen LogP contribution < -0.4 is 0 Å². The van der Waals surface area contributed by atoms with E-state index in [4.69, 9.17) is 0 Å². The molecule has 1 heteroatoms. The third-order valence-corrected chi connectivity index (χ3v) is 2.50. The van der Waals surface area contributed by atoms with Gasteiger partial charge in [-0.3, -0.25) is 0 Å². The Morgan fingerprint density at radius 3 is 2.57 bits per heavy atom. The first-order chi connectivity index (χ1) is 6.68. The fourth-order valence-electron chi connectivity index (χ4n) is 1.77. The first kappa shape index (κ1) is 9.20. The van der Waals surface area contributed by atoms with Crippen LogP contribution in [0.4, 0.5) is 4.39 Å². The standard InChI is InChI=1S/C13H13F/c1-9(2)12-5-3-4-10-6-7-11(14)8-13(10)12/h3-9H,1-2H3. The lowest BCUT2D eigenvalue weighted by Gasteiger charge is -2.09. The Morgan fingerprint density at radius 2 is 1.86 bits per heavy atom. The predicted molar refractivity (Wildman–Crippen MR) is 58.0 cm³/mol. The maximum Gasteiger partial charge on any atom is 0.123 e. The summed E-state index contributed by atoms with van der Waals surface area (Å²) in [6.45, 7) is 4.25. The second-order valence-electron chi connectivity index (χ2n) is 3.87. The molecule has 0 atom stereocenters. The summed E-state index contributed by atoms with van der Waals surface area (Å²) in [4.78, 5) is 0. The van der Waals surface area contributed by atoms with E-state index in [0.29, 0.717) is 5.92 Å². The second kappa shape index (κ2) is 3.41. The van der Waals surface area contributed by atoms with Crippen molar-refractivity contribution in [3.05, 3.63) is 47.8 Å². The van der Waals surface area contributed by atoms with Crippen LogP contribution in [0.25, 0.3) is 10.8 Å². The van der Waals surface area contributed by atoms with Gasteiger partial charge in [0.15, 0.2) is 0 Å². The molecule has 2 aromatic carbocycles. The van der Waals surface area contributed by atoms with Gasteiger partial charge >= 0.3 is 0 Å². The fourth-order valence-corrected chi connectivity index (χ4v) is 1.77. The highest BCUT2D eigenvalue weighted by atomic mass is 19.1. The van der Waals surface area contributed by atoms with Gasteiger partial charge in [-0.25, -0.2) is 4.39 Å². The molecule has 0 spiro atoms. The monoisotopic (exact) mass is 188 g/mol. The molecule has 0 amide bonds. The first-order valence-electron chi connectivity index (χ1n) is 4.86. The Balaban J connectivity index is 2.77. The minimum atomic E-state index is -0.161. The smallest absolute Gasteiger partial charge is 0.123 e. The van der Waals surface area contributed by atoms with Crippen LogP contribution in [0.5, 0.6) is 0 Å². The van der Waals surface area contributed by atoms with E-state index in [1.165, 1.54) is 11.6 Å². The molecule has 0 radical (unpaired) electrons. The highest BCUT2D eigenvalue weighted by Crippen LogP contribution is 2.25. The van der Waals surface area contributed by atoms with Gasteiger partial charge in [-0.05, 0) is 34.4 Å². The zero-order chi connectivity index (χ0) is 10.1. The van der Waals surface area contributed by atoms with Gasteiger partial charge in [0.1, 0.15) is 5.82 Å². The number of rotatable bonds is 1. The van der Waals surface area contributed by atoms with Crippen molar-refractivity contribution in [3.63, 3.8) is 0 Å². The highest BCUT2D eigenvalue weighted by Gasteiger charge is 2.04. The van der Waals surface area contributed by atoms with Crippen molar-refractivity contribution in [2.75, 3.05) is 0 Å². The number of hydrogen-bond donors (Lipinski definition) is 0. The van der Waals surface area contributed by atoms with Crippen LogP contribution >= 0.6 is 0 Å². The van der Waals surface area contributed by atoms with E-state index in [1.54, 1.807) is 6.07 Å². The summed E-state index contributed by atoms with van der Waals surface area (Å²) in [5.41, 5.74) is 1.21. The van der Waals surface area contributed by atoms with Gasteiger partial charge in [-0.2, -0.15) is 0 Å². The van der Waals surface area contributed by atoms with Crippen LogP contribution in [0.2, 0.25) is 0 Å². The zero-order valence-electron chi connectivity index (χ0n) is 8.42. The Bertz CT molecular complexity index is 458. The molecule has 72 valence electrons. The molecule has 0 bridgehead atoms. The van der Waals surface area contributed by atoms with Gasteiger partial charge in [-0.1, -0.05) is 38.1 Å². The summed E-state index contributed by atoms with van der Waals surface area (Å²) in [5, 5.41) is 2.14. The molecule has 0 aromatic heterocycles. The van der Waals surface area contributed by atoms with Gasteiger partial charge in [-0.15, -0.1) is 0 Å². The van der Waals surface area contributed by atoms with Gasteiger partial charge in [0.2, 0.25) is 0 Å². The summed E-state index contributed by atoms with van der Waals surface area (Å²) in [5.74, 6) is 0.270. The lowest BCUT2D eigenvalue weighted by molar-refractivity contribution is 0.629. The van der Waals surface area contributed by atoms with Crippen molar-refractivity contribution >= 4 is 10.8 Å². The van der Waals surface area contributed by atoms with Gasteiger partial charge in [0.25, 0.3) is 0 Å². The van der Waals surface area contributed by atoms with Gasteiger partial charge in [0, 0.05) is 0 Å². The van der Waals surface area contributed by atoms with Crippen molar-refractivity contribution in [1.29, 1.82) is 0 Å². The Labute approximate surface area is 83.4 Å². The third kappa shape index (κ3) is 1.50. The van der Waals surface area contributed by atoms with E-state index in [0.717, 1.165) is 10.8 Å². The number of benzene rings is 2. The van der Waals surface area contributed by atoms with Crippen LogP contribution in [-0.4, -0.2) is 0 Å². The van der Waals surface area contributed by atoms with Gasteiger partial charge in [0.05, 0.1) is 0 Å². The summed E-state index contributed by atoms with van der Waals surface area (Å²) >= 11 is 0. The lowest BCUT2D eigenvalue weighted by Crippen LogP contribution is -1.89. The summed E-state index contributed by atoms with van der Waals surface area (Å²) in [6.07, 6.45) is 0. The van der Waals surface area contributed by atoms with E-state index in [9.17, 15) is 4.39 Å². The normalized spacial score (nSPS) is 11.1. The minimum Gasteiger partial charge on any atom is -0.207 e. The van der Waals surface area contributed by atoms with Crippen molar-refractivity contribution in [2.24, 2.45) is 0 Å². The average molecular weight is 188 g/mol. The van der Waals surface area contributed by atoms with E-state index in [1.807, 2.05) is 18.2 Å². The number of hydrogen-bond acceptors (Lipinski definition) is 0. The topological polar surface area (TPSA) is 0 Å². The van der Waals surface area contributed by atoms with E-state index < -0.39 is 0 Å². The molecule has 0 N–H and O–H groups in total. The molecular formula is C13H13F. The highest BCUT2D eigenvalue weighted by molar-refractivity contribution is 5.86. The van der Waals surface area contributed by atoms with Crippen LogP contribution in [0, 0.1) is 5.82 Å². The van der Waals surface area contributed by atoms with Crippen molar-refractivity contribution in [1.82, 2.24) is 0 Å². The van der Waals surface area contributed by atoms with Crippen LogP contribution in [0.1, 0.15) is 25.3 Å². The second-order valence-corrected chi connectivity index (χ2v) is 3.87. The molecule has 14 heavy (non-hydrogen) atoms. The number of halogens is 1. The predicted octanol–water partition coefficient (Wildman–Crippen LogP) is 4.10. The molecule has 2 aromatic rings. The molecule has 0 fully saturated rings. The maximum atomic E-state index is 13.1. The van der Waals surface area contributed by atoms with Gasteiger partial charge < -0.3 is 0 Å². The summed E-state index contributed by atoms with van der Waals surface area (Å²) < 4.78 is 13.1. The van der Waals surface area contributed by atoms with Crippen LogP contribution in [0.15, 0.2) is 36.4 Å². The van der Waals surface area contributed by atoms with Crippen LogP contribution in [0.3, 0.4) is 0 Å². The van der Waals surface area contributed by atoms with E-state index in [-0.39, 0.29) is 5.82 Å². The molecule has 0 aliphatic carbocycles. The van der Waals surface area contributed by atoms with Crippen molar-refractivity contribution < 1.29 is 4.39 Å². The SMILES string of the molecule is CC(C)c1cccc2ccc(F)cc12. The van der Waals surface area contributed by atoms with Crippen molar-refractivity contribution in [2.45, 2.75) is 19.8 Å². The van der Waals surface area contributed by atoms with E-state index >= 15 is 0 Å². The minimum absolute atomic E-state index is 0.161. The molecule has 0 nitrogen and oxygen atoms in total. The quantitative estimate of drug-likeness (QED) is 0.632. The first-order valence-corrected chi connectivity index (χ1v) is 4.86.